The van der Waals surface area contributed by atoms with E-state index >= 15 is 0 Å². The van der Waals surface area contributed by atoms with Crippen molar-refractivity contribution >= 4 is 17.9 Å². The van der Waals surface area contributed by atoms with Gasteiger partial charge in [0.05, 0.1) is 0 Å². The first-order valence-corrected chi connectivity index (χ1v) is 33.0. The highest BCUT2D eigenvalue weighted by molar-refractivity contribution is 5.71. The molecule has 0 fully saturated rings. The fraction of sp³-hybridized carbons (Fsp3) is 0.685. The van der Waals surface area contributed by atoms with Crippen molar-refractivity contribution in [2.24, 2.45) is 0 Å². The van der Waals surface area contributed by atoms with E-state index in [2.05, 4.69) is 142 Å². The highest BCUT2D eigenvalue weighted by Crippen LogP contribution is 2.15. The summed E-state index contributed by atoms with van der Waals surface area (Å²) in [5.41, 5.74) is 0. The zero-order chi connectivity index (χ0) is 57.1. The number of rotatable bonds is 59. The summed E-state index contributed by atoms with van der Waals surface area (Å²) in [7, 11) is 0. The fourth-order valence-corrected chi connectivity index (χ4v) is 8.98. The Morgan fingerprint density at radius 1 is 0.266 bits per heavy atom. The molecule has 0 N–H and O–H groups in total. The van der Waals surface area contributed by atoms with Crippen LogP contribution in [-0.4, -0.2) is 37.2 Å². The maximum Gasteiger partial charge on any atom is 0.306 e. The average molecular weight is 1100 g/mol. The van der Waals surface area contributed by atoms with Gasteiger partial charge in [-0.3, -0.25) is 14.4 Å². The average Bonchev–Trinajstić information content (AvgIpc) is 3.45. The molecule has 0 amide bonds. The highest BCUT2D eigenvalue weighted by Gasteiger charge is 2.19. The van der Waals surface area contributed by atoms with Gasteiger partial charge in [-0.2, -0.15) is 0 Å². The molecule has 0 aliphatic heterocycles. The molecule has 0 aromatic rings. The maximum atomic E-state index is 12.9. The Hall–Kier alpha value is -4.19. The molecule has 0 aromatic carbocycles. The normalized spacial score (nSPS) is 12.9. The molecule has 0 aliphatic rings. The van der Waals surface area contributed by atoms with Gasteiger partial charge in [0.2, 0.25) is 0 Å². The first-order chi connectivity index (χ1) is 39.0. The van der Waals surface area contributed by atoms with Gasteiger partial charge < -0.3 is 14.2 Å². The first-order valence-electron chi connectivity index (χ1n) is 33.0. The molecule has 450 valence electrons. The zero-order valence-corrected chi connectivity index (χ0v) is 51.6. The molecule has 79 heavy (non-hydrogen) atoms. The number of hydrogen-bond donors (Lipinski definition) is 0. The molecule has 0 saturated carbocycles. The number of hydrogen-bond acceptors (Lipinski definition) is 6. The summed E-state index contributed by atoms with van der Waals surface area (Å²) in [4.78, 5) is 38.4. The Kier molecular flexibility index (Phi) is 62.8. The summed E-state index contributed by atoms with van der Waals surface area (Å²) < 4.78 is 16.9. The van der Waals surface area contributed by atoms with Crippen LogP contribution in [0.3, 0.4) is 0 Å². The molecule has 0 saturated heterocycles. The lowest BCUT2D eigenvalue weighted by atomic mass is 10.1. The minimum atomic E-state index is -0.806. The topological polar surface area (TPSA) is 78.9 Å². The molecule has 0 rings (SSSR count). The van der Waals surface area contributed by atoms with Gasteiger partial charge in [-0.1, -0.05) is 271 Å². The number of ether oxygens (including phenoxy) is 3. The van der Waals surface area contributed by atoms with E-state index < -0.39 is 6.10 Å². The van der Waals surface area contributed by atoms with Gasteiger partial charge >= 0.3 is 17.9 Å². The third-order valence-electron chi connectivity index (χ3n) is 13.9. The summed E-state index contributed by atoms with van der Waals surface area (Å²) in [6.07, 6.45) is 92.0. The molecule has 1 unspecified atom stereocenters. The molecule has 6 heteroatoms. The largest absolute Gasteiger partial charge is 0.462 e. The highest BCUT2D eigenvalue weighted by atomic mass is 16.6. The fourth-order valence-electron chi connectivity index (χ4n) is 8.98. The second kappa shape index (κ2) is 66.3. The molecule has 0 aliphatic carbocycles. The number of unbranched alkanes of at least 4 members (excludes halogenated alkanes) is 28. The van der Waals surface area contributed by atoms with Gasteiger partial charge in [0, 0.05) is 19.3 Å². The smallest absolute Gasteiger partial charge is 0.306 e. The van der Waals surface area contributed by atoms with Crippen molar-refractivity contribution < 1.29 is 28.6 Å². The van der Waals surface area contributed by atoms with E-state index in [4.69, 9.17) is 14.2 Å². The van der Waals surface area contributed by atoms with Crippen LogP contribution in [-0.2, 0) is 28.6 Å². The van der Waals surface area contributed by atoms with Crippen LogP contribution in [0.2, 0.25) is 0 Å². The number of carbonyl (C=O) groups excluding carboxylic acids is 3. The summed E-state index contributed by atoms with van der Waals surface area (Å²) in [6.45, 7) is 6.47. The van der Waals surface area contributed by atoms with Crippen molar-refractivity contribution in [2.75, 3.05) is 13.2 Å². The molecule has 0 bridgehead atoms. The van der Waals surface area contributed by atoms with E-state index in [1.54, 1.807) is 0 Å². The van der Waals surface area contributed by atoms with Crippen LogP contribution in [0.4, 0.5) is 0 Å². The van der Waals surface area contributed by atoms with Crippen molar-refractivity contribution in [2.45, 2.75) is 309 Å². The van der Waals surface area contributed by atoms with Crippen molar-refractivity contribution in [3.05, 3.63) is 122 Å². The third-order valence-corrected chi connectivity index (χ3v) is 13.9. The second-order valence-electron chi connectivity index (χ2n) is 21.6. The van der Waals surface area contributed by atoms with Crippen molar-refractivity contribution in [3.63, 3.8) is 0 Å². The predicted molar refractivity (Wildman–Crippen MR) is 343 cm³/mol. The standard InChI is InChI=1S/C73H122O6/c1-4-7-10-13-16-19-22-25-28-31-34-36-39-42-45-48-51-54-57-60-63-66-72(75)78-69-70(68-77-71(74)65-62-59-56-53-50-47-44-41-38-33-30-27-24-21-18-15-12-9-6-3)79-73(76)67-64-61-58-55-52-49-46-43-40-37-35-32-29-26-23-20-17-14-11-8-5-2/h7,10,16,18-19,21,23,25-28,30,32,34-36,42,45,51,54,70H,4-6,8-9,11-15,17,20,22,24,29,31,33,37-41,43-44,46-50,52-53,55-69H2,1-3H3/b10-7-,19-16-,21-18-,26-23-,28-25-,30-27-,35-32-,36-34-,45-42-,54-51-. The Morgan fingerprint density at radius 2 is 0.494 bits per heavy atom. The van der Waals surface area contributed by atoms with E-state index in [1.165, 1.54) is 154 Å². The van der Waals surface area contributed by atoms with Gasteiger partial charge in [-0.05, 0) is 135 Å². The van der Waals surface area contributed by atoms with Crippen molar-refractivity contribution in [3.8, 4) is 0 Å². The monoisotopic (exact) mass is 1090 g/mol. The van der Waals surface area contributed by atoms with Gasteiger partial charge in [0.1, 0.15) is 13.2 Å². The first kappa shape index (κ1) is 74.8. The van der Waals surface area contributed by atoms with E-state index in [1.807, 2.05) is 0 Å². The lowest BCUT2D eigenvalue weighted by Gasteiger charge is -2.18. The van der Waals surface area contributed by atoms with Crippen LogP contribution in [0.1, 0.15) is 303 Å². The van der Waals surface area contributed by atoms with Crippen LogP contribution in [0.25, 0.3) is 0 Å². The van der Waals surface area contributed by atoms with E-state index in [0.717, 1.165) is 109 Å². The Morgan fingerprint density at radius 3 is 0.823 bits per heavy atom. The molecule has 1 atom stereocenters. The predicted octanol–water partition coefficient (Wildman–Crippen LogP) is 22.8. The van der Waals surface area contributed by atoms with Crippen LogP contribution in [0.5, 0.6) is 0 Å². The second-order valence-corrected chi connectivity index (χ2v) is 21.6. The minimum absolute atomic E-state index is 0.0978. The molecule has 0 heterocycles. The molecular weight excluding hydrogens is 973 g/mol. The summed E-state index contributed by atoms with van der Waals surface area (Å²) >= 11 is 0. The Balaban J connectivity index is 4.49. The van der Waals surface area contributed by atoms with E-state index in [9.17, 15) is 14.4 Å². The van der Waals surface area contributed by atoms with E-state index in [-0.39, 0.29) is 31.1 Å². The number of carbonyl (C=O) groups is 3. The van der Waals surface area contributed by atoms with Crippen LogP contribution in [0.15, 0.2) is 122 Å². The summed E-state index contributed by atoms with van der Waals surface area (Å²) in [5, 5.41) is 0. The molecule has 0 radical (unpaired) electrons. The Bertz CT molecular complexity index is 1640. The van der Waals surface area contributed by atoms with Gasteiger partial charge in [-0.25, -0.2) is 0 Å². The maximum absolute atomic E-state index is 12.9. The van der Waals surface area contributed by atoms with Crippen molar-refractivity contribution in [1.82, 2.24) is 0 Å². The van der Waals surface area contributed by atoms with Crippen LogP contribution >= 0.6 is 0 Å². The van der Waals surface area contributed by atoms with Crippen molar-refractivity contribution in [1.29, 1.82) is 0 Å². The lowest BCUT2D eigenvalue weighted by Crippen LogP contribution is -2.30. The molecular formula is C73H122O6. The minimum Gasteiger partial charge on any atom is -0.462 e. The molecule has 0 spiro atoms. The van der Waals surface area contributed by atoms with Gasteiger partial charge in [-0.15, -0.1) is 0 Å². The zero-order valence-electron chi connectivity index (χ0n) is 51.6. The SMILES string of the molecule is CC/C=C\C/C=C\C/C=C\C/C=C\C/C=C\C/C=C\CCCCC(=O)OCC(COC(=O)CCCCCCCCCCC/C=C\C/C=C\CCCCC)OC(=O)CCCCCCCCCCC/C=C\C/C=C\CCCCCCC. The van der Waals surface area contributed by atoms with Gasteiger partial charge in [0.15, 0.2) is 6.10 Å². The summed E-state index contributed by atoms with van der Waals surface area (Å²) in [6, 6.07) is 0. The third kappa shape index (κ3) is 64.5. The molecule has 0 aromatic heterocycles. The summed E-state index contributed by atoms with van der Waals surface area (Å²) in [5.74, 6) is -0.944. The Labute approximate surface area is 488 Å². The quantitative estimate of drug-likeness (QED) is 0.0261. The number of esters is 3. The molecule has 6 nitrogen and oxygen atoms in total. The van der Waals surface area contributed by atoms with Crippen LogP contribution in [0, 0.1) is 0 Å². The van der Waals surface area contributed by atoms with Crippen LogP contribution < -0.4 is 0 Å². The van der Waals surface area contributed by atoms with Gasteiger partial charge in [0.25, 0.3) is 0 Å². The van der Waals surface area contributed by atoms with E-state index in [0.29, 0.717) is 19.3 Å². The number of allylic oxidation sites excluding steroid dienone is 20. The lowest BCUT2D eigenvalue weighted by molar-refractivity contribution is -0.167.